The van der Waals surface area contributed by atoms with Gasteiger partial charge in [0.15, 0.2) is 0 Å². The third-order valence-corrected chi connectivity index (χ3v) is 2.27. The molecule has 4 N–H and O–H groups in total. The van der Waals surface area contributed by atoms with E-state index in [-0.39, 0.29) is 0 Å². The summed E-state index contributed by atoms with van der Waals surface area (Å²) in [6.45, 7) is 2.83. The van der Waals surface area contributed by atoms with Crippen LogP contribution in [0, 0.1) is 6.92 Å². The predicted molar refractivity (Wildman–Crippen MR) is 61.5 cm³/mol. The van der Waals surface area contributed by atoms with Gasteiger partial charge in [-0.25, -0.2) is 0 Å². The molecule has 15 heavy (non-hydrogen) atoms. The summed E-state index contributed by atoms with van der Waals surface area (Å²) in [7, 11) is 0. The van der Waals surface area contributed by atoms with Crippen LogP contribution in [0.1, 0.15) is 11.1 Å². The lowest BCUT2D eigenvalue weighted by molar-refractivity contribution is 1.10. The molecular weight excluding hydrogens is 188 g/mol. The van der Waals surface area contributed by atoms with Crippen molar-refractivity contribution in [2.24, 2.45) is 0 Å². The molecule has 4 nitrogen and oxygen atoms in total. The number of anilines is 2. The van der Waals surface area contributed by atoms with Gasteiger partial charge in [-0.2, -0.15) is 5.10 Å². The van der Waals surface area contributed by atoms with E-state index in [0.29, 0.717) is 5.82 Å². The summed E-state index contributed by atoms with van der Waals surface area (Å²) in [5, 5.41) is 9.72. The van der Waals surface area contributed by atoms with Crippen molar-refractivity contribution in [2.75, 3.05) is 11.1 Å². The van der Waals surface area contributed by atoms with Gasteiger partial charge in [-0.3, -0.25) is 5.10 Å². The van der Waals surface area contributed by atoms with E-state index >= 15 is 0 Å². The van der Waals surface area contributed by atoms with Crippen molar-refractivity contribution < 1.29 is 0 Å². The SMILES string of the molecule is Cc1ccc(CNc2cn[nH]c2N)cc1. The Balaban J connectivity index is 1.99. The molecule has 0 amide bonds. The van der Waals surface area contributed by atoms with Crippen molar-refractivity contribution in [3.8, 4) is 0 Å². The van der Waals surface area contributed by atoms with E-state index in [2.05, 4.69) is 46.7 Å². The van der Waals surface area contributed by atoms with Crippen molar-refractivity contribution in [2.45, 2.75) is 13.5 Å². The van der Waals surface area contributed by atoms with Crippen molar-refractivity contribution >= 4 is 11.5 Å². The van der Waals surface area contributed by atoms with Gasteiger partial charge in [-0.05, 0) is 12.5 Å². The third kappa shape index (κ3) is 2.28. The number of nitrogen functional groups attached to an aromatic ring is 1. The second-order valence-corrected chi connectivity index (χ2v) is 3.54. The standard InChI is InChI=1S/C11H14N4/c1-8-2-4-9(5-3-8)6-13-10-7-14-15-11(10)12/h2-5,7,13H,6H2,1H3,(H3,12,14,15). The molecule has 4 heteroatoms. The van der Waals surface area contributed by atoms with E-state index in [4.69, 9.17) is 5.73 Å². The van der Waals surface area contributed by atoms with Crippen LogP contribution in [-0.4, -0.2) is 10.2 Å². The van der Waals surface area contributed by atoms with E-state index < -0.39 is 0 Å². The number of nitrogens with zero attached hydrogens (tertiary/aromatic N) is 1. The first kappa shape index (κ1) is 9.58. The molecule has 0 spiro atoms. The van der Waals surface area contributed by atoms with E-state index in [1.165, 1.54) is 11.1 Å². The quantitative estimate of drug-likeness (QED) is 0.712. The number of rotatable bonds is 3. The van der Waals surface area contributed by atoms with E-state index in [0.717, 1.165) is 12.2 Å². The van der Waals surface area contributed by atoms with E-state index in [1.807, 2.05) is 0 Å². The molecule has 0 saturated carbocycles. The lowest BCUT2D eigenvalue weighted by Gasteiger charge is -2.04. The van der Waals surface area contributed by atoms with Crippen molar-refractivity contribution in [1.82, 2.24) is 10.2 Å². The number of benzene rings is 1. The van der Waals surface area contributed by atoms with Crippen LogP contribution < -0.4 is 11.1 Å². The molecule has 0 radical (unpaired) electrons. The van der Waals surface area contributed by atoms with Crippen LogP contribution in [0.5, 0.6) is 0 Å². The fourth-order valence-corrected chi connectivity index (χ4v) is 1.34. The molecule has 1 aromatic heterocycles. The van der Waals surface area contributed by atoms with Gasteiger partial charge in [0.25, 0.3) is 0 Å². The molecule has 1 aromatic carbocycles. The van der Waals surface area contributed by atoms with Gasteiger partial charge in [0.1, 0.15) is 5.82 Å². The average Bonchev–Trinajstić information content (AvgIpc) is 2.63. The van der Waals surface area contributed by atoms with Crippen LogP contribution in [0.4, 0.5) is 11.5 Å². The summed E-state index contributed by atoms with van der Waals surface area (Å²) >= 11 is 0. The number of hydrogen-bond donors (Lipinski definition) is 3. The van der Waals surface area contributed by atoms with E-state index in [9.17, 15) is 0 Å². The maximum atomic E-state index is 5.65. The number of aromatic nitrogens is 2. The summed E-state index contributed by atoms with van der Waals surface area (Å²) in [4.78, 5) is 0. The maximum absolute atomic E-state index is 5.65. The molecule has 0 aliphatic heterocycles. The van der Waals surface area contributed by atoms with Crippen molar-refractivity contribution in [3.63, 3.8) is 0 Å². The van der Waals surface area contributed by atoms with Crippen LogP contribution in [0.15, 0.2) is 30.5 Å². The first-order valence-electron chi connectivity index (χ1n) is 4.84. The van der Waals surface area contributed by atoms with Gasteiger partial charge in [0.2, 0.25) is 0 Å². The topological polar surface area (TPSA) is 66.7 Å². The maximum Gasteiger partial charge on any atom is 0.142 e. The highest BCUT2D eigenvalue weighted by molar-refractivity contribution is 5.60. The predicted octanol–water partition coefficient (Wildman–Crippen LogP) is 1.91. The molecule has 78 valence electrons. The molecule has 0 fully saturated rings. The normalized spacial score (nSPS) is 10.2. The number of nitrogens with one attached hydrogen (secondary N) is 2. The highest BCUT2D eigenvalue weighted by Crippen LogP contribution is 2.14. The number of aryl methyl sites for hydroxylation is 1. The Labute approximate surface area is 88.5 Å². The highest BCUT2D eigenvalue weighted by Gasteiger charge is 1.99. The van der Waals surface area contributed by atoms with Crippen LogP contribution in [0.25, 0.3) is 0 Å². The van der Waals surface area contributed by atoms with Crippen molar-refractivity contribution in [3.05, 3.63) is 41.6 Å². The Morgan fingerprint density at radius 2 is 2.07 bits per heavy atom. The Hall–Kier alpha value is -1.97. The number of hydrogen-bond acceptors (Lipinski definition) is 3. The molecule has 2 aromatic rings. The fraction of sp³-hybridized carbons (Fsp3) is 0.182. The van der Waals surface area contributed by atoms with Gasteiger partial charge in [0.05, 0.1) is 11.9 Å². The molecule has 0 atom stereocenters. The van der Waals surface area contributed by atoms with Crippen LogP contribution in [0.2, 0.25) is 0 Å². The molecular formula is C11H14N4. The summed E-state index contributed by atoms with van der Waals surface area (Å²) in [6, 6.07) is 8.38. The number of nitrogens with two attached hydrogens (primary N) is 1. The summed E-state index contributed by atoms with van der Waals surface area (Å²) in [6.07, 6.45) is 1.68. The van der Waals surface area contributed by atoms with Gasteiger partial charge in [0, 0.05) is 6.54 Å². The number of H-pyrrole nitrogens is 1. The molecule has 2 rings (SSSR count). The second-order valence-electron chi connectivity index (χ2n) is 3.54. The van der Waals surface area contributed by atoms with Crippen molar-refractivity contribution in [1.29, 1.82) is 0 Å². The van der Waals surface area contributed by atoms with Gasteiger partial charge >= 0.3 is 0 Å². The zero-order valence-corrected chi connectivity index (χ0v) is 8.62. The van der Waals surface area contributed by atoms with Crippen LogP contribution in [0.3, 0.4) is 0 Å². The second kappa shape index (κ2) is 4.04. The smallest absolute Gasteiger partial charge is 0.142 e. The highest BCUT2D eigenvalue weighted by atomic mass is 15.2. The zero-order chi connectivity index (χ0) is 10.7. The van der Waals surface area contributed by atoms with Gasteiger partial charge in [-0.15, -0.1) is 0 Å². The summed E-state index contributed by atoms with van der Waals surface area (Å²) < 4.78 is 0. The Morgan fingerprint density at radius 3 is 2.67 bits per heavy atom. The Bertz CT molecular complexity index is 430. The minimum absolute atomic E-state index is 0.571. The van der Waals surface area contributed by atoms with Crippen LogP contribution >= 0.6 is 0 Å². The van der Waals surface area contributed by atoms with Crippen LogP contribution in [-0.2, 0) is 6.54 Å². The Morgan fingerprint density at radius 1 is 1.33 bits per heavy atom. The average molecular weight is 202 g/mol. The number of aromatic amines is 1. The molecule has 1 heterocycles. The first-order chi connectivity index (χ1) is 7.25. The van der Waals surface area contributed by atoms with E-state index in [1.54, 1.807) is 6.20 Å². The van der Waals surface area contributed by atoms with Gasteiger partial charge in [-0.1, -0.05) is 29.8 Å². The summed E-state index contributed by atoms with van der Waals surface area (Å²) in [5.41, 5.74) is 8.98. The molecule has 0 saturated heterocycles. The first-order valence-corrected chi connectivity index (χ1v) is 4.84. The molecule has 0 bridgehead atoms. The zero-order valence-electron chi connectivity index (χ0n) is 8.62. The summed E-state index contributed by atoms with van der Waals surface area (Å²) in [5.74, 6) is 0.571. The molecule has 0 aliphatic rings. The third-order valence-electron chi connectivity index (χ3n) is 2.27. The lowest BCUT2D eigenvalue weighted by Crippen LogP contribution is -2.00. The molecule has 0 aliphatic carbocycles. The lowest BCUT2D eigenvalue weighted by atomic mass is 10.1. The Kier molecular flexibility index (Phi) is 2.58. The fourth-order valence-electron chi connectivity index (χ4n) is 1.34. The van der Waals surface area contributed by atoms with Gasteiger partial charge < -0.3 is 11.1 Å². The monoisotopic (exact) mass is 202 g/mol. The molecule has 0 unspecified atom stereocenters. The largest absolute Gasteiger partial charge is 0.382 e. The minimum Gasteiger partial charge on any atom is -0.382 e. The minimum atomic E-state index is 0.571.